The molecule has 1 aromatic heterocycles. The molecule has 1 aliphatic rings. The molecule has 1 unspecified atom stereocenters. The predicted molar refractivity (Wildman–Crippen MR) is 107 cm³/mol. The van der Waals surface area contributed by atoms with Gasteiger partial charge in [-0.15, -0.1) is 0 Å². The van der Waals surface area contributed by atoms with E-state index in [9.17, 15) is 4.79 Å². The van der Waals surface area contributed by atoms with E-state index in [0.29, 0.717) is 13.2 Å². The second-order valence-electron chi connectivity index (χ2n) is 7.08. The predicted octanol–water partition coefficient (Wildman–Crippen LogP) is 4.18. The lowest BCUT2D eigenvalue weighted by molar-refractivity contribution is 0.171. The average molecular weight is 363 g/mol. The van der Waals surface area contributed by atoms with Crippen molar-refractivity contribution in [3.63, 3.8) is 0 Å². The Morgan fingerprint density at radius 2 is 2.11 bits per heavy atom. The SMILES string of the molecule is Cc1cccc(OCCNC(=O)N2CCc3c([nH]c4ccccc34)C2C)c1. The highest BCUT2D eigenvalue weighted by Crippen LogP contribution is 2.33. The number of carbonyl (C=O) groups is 1. The molecule has 140 valence electrons. The molecule has 2 aromatic carbocycles. The smallest absolute Gasteiger partial charge is 0.318 e. The summed E-state index contributed by atoms with van der Waals surface area (Å²) in [4.78, 5) is 18.0. The molecule has 0 saturated carbocycles. The van der Waals surface area contributed by atoms with Crippen molar-refractivity contribution in [3.8, 4) is 5.75 Å². The first-order chi connectivity index (χ1) is 13.1. The summed E-state index contributed by atoms with van der Waals surface area (Å²) in [5.41, 5.74) is 4.79. The zero-order valence-electron chi connectivity index (χ0n) is 15.8. The normalized spacial score (nSPS) is 16.2. The zero-order chi connectivity index (χ0) is 18.8. The van der Waals surface area contributed by atoms with Gasteiger partial charge in [0, 0.05) is 23.1 Å². The molecule has 3 aromatic rings. The molecular formula is C22H25N3O2. The number of ether oxygens (including phenoxy) is 1. The molecule has 2 amide bonds. The third kappa shape index (κ3) is 3.50. The number of urea groups is 1. The quantitative estimate of drug-likeness (QED) is 0.683. The lowest BCUT2D eigenvalue weighted by atomic mass is 9.99. The van der Waals surface area contributed by atoms with Gasteiger partial charge in [0.1, 0.15) is 12.4 Å². The first-order valence-corrected chi connectivity index (χ1v) is 9.47. The van der Waals surface area contributed by atoms with Crippen molar-refractivity contribution in [1.29, 1.82) is 0 Å². The van der Waals surface area contributed by atoms with Crippen LogP contribution in [0.1, 0.15) is 29.8 Å². The molecule has 0 bridgehead atoms. The maximum Gasteiger partial charge on any atom is 0.318 e. The van der Waals surface area contributed by atoms with Gasteiger partial charge in [-0.05, 0) is 49.6 Å². The van der Waals surface area contributed by atoms with Crippen LogP contribution in [0.25, 0.3) is 10.9 Å². The summed E-state index contributed by atoms with van der Waals surface area (Å²) in [6, 6.07) is 16.2. The number of benzene rings is 2. The molecule has 2 heterocycles. The van der Waals surface area contributed by atoms with E-state index in [1.165, 1.54) is 10.9 Å². The molecule has 0 radical (unpaired) electrons. The number of para-hydroxylation sites is 1. The van der Waals surface area contributed by atoms with Gasteiger partial charge in [-0.2, -0.15) is 0 Å². The molecule has 1 aliphatic heterocycles. The van der Waals surface area contributed by atoms with Crippen LogP contribution in [0.2, 0.25) is 0 Å². The molecule has 0 saturated heterocycles. The van der Waals surface area contributed by atoms with Crippen LogP contribution in [0, 0.1) is 6.92 Å². The lowest BCUT2D eigenvalue weighted by Gasteiger charge is -2.33. The summed E-state index contributed by atoms with van der Waals surface area (Å²) in [6.45, 7) is 5.77. The Kier molecular flexibility index (Phi) is 4.75. The average Bonchev–Trinajstić information content (AvgIpc) is 3.05. The van der Waals surface area contributed by atoms with E-state index in [1.807, 2.05) is 42.2 Å². The standard InChI is InChI=1S/C22H25N3O2/c1-15-6-5-7-17(14-15)27-13-11-23-22(26)25-12-10-19-18-8-3-4-9-20(18)24-21(19)16(25)2/h3-9,14,16,24H,10-13H2,1-2H3,(H,23,26). The van der Waals surface area contributed by atoms with Gasteiger partial charge in [-0.1, -0.05) is 30.3 Å². The summed E-state index contributed by atoms with van der Waals surface area (Å²) in [5, 5.41) is 4.25. The molecule has 2 N–H and O–H groups in total. The summed E-state index contributed by atoms with van der Waals surface area (Å²) < 4.78 is 5.71. The van der Waals surface area contributed by atoms with Crippen LogP contribution in [-0.4, -0.2) is 35.6 Å². The fraction of sp³-hybridized carbons (Fsp3) is 0.318. The first-order valence-electron chi connectivity index (χ1n) is 9.47. The number of aromatic nitrogens is 1. The highest BCUT2D eigenvalue weighted by atomic mass is 16.5. The summed E-state index contributed by atoms with van der Waals surface area (Å²) >= 11 is 0. The summed E-state index contributed by atoms with van der Waals surface area (Å²) in [7, 11) is 0. The number of amides is 2. The van der Waals surface area contributed by atoms with Crippen molar-refractivity contribution in [2.24, 2.45) is 0 Å². The molecule has 4 rings (SSSR count). The van der Waals surface area contributed by atoms with Gasteiger partial charge in [0.25, 0.3) is 0 Å². The number of fused-ring (bicyclic) bond motifs is 3. The van der Waals surface area contributed by atoms with Gasteiger partial charge in [-0.3, -0.25) is 0 Å². The summed E-state index contributed by atoms with van der Waals surface area (Å²) in [6.07, 6.45) is 0.872. The van der Waals surface area contributed by atoms with Crippen LogP contribution in [0.3, 0.4) is 0 Å². The molecule has 27 heavy (non-hydrogen) atoms. The molecular weight excluding hydrogens is 338 g/mol. The third-order valence-corrected chi connectivity index (χ3v) is 5.23. The summed E-state index contributed by atoms with van der Waals surface area (Å²) in [5.74, 6) is 0.832. The van der Waals surface area contributed by atoms with Crippen LogP contribution in [0.4, 0.5) is 4.79 Å². The maximum atomic E-state index is 12.6. The fourth-order valence-electron chi connectivity index (χ4n) is 3.84. The van der Waals surface area contributed by atoms with Gasteiger partial charge in [0.05, 0.1) is 12.6 Å². The van der Waals surface area contributed by atoms with Crippen molar-refractivity contribution in [2.75, 3.05) is 19.7 Å². The largest absolute Gasteiger partial charge is 0.492 e. The number of nitrogens with one attached hydrogen (secondary N) is 2. The minimum atomic E-state index is -0.0420. The Labute approximate surface area is 159 Å². The highest BCUT2D eigenvalue weighted by molar-refractivity contribution is 5.86. The number of H-pyrrole nitrogens is 1. The molecule has 0 spiro atoms. The van der Waals surface area contributed by atoms with E-state index >= 15 is 0 Å². The van der Waals surface area contributed by atoms with Crippen LogP contribution >= 0.6 is 0 Å². The Bertz CT molecular complexity index is 963. The fourth-order valence-corrected chi connectivity index (χ4v) is 3.84. The number of hydrogen-bond donors (Lipinski definition) is 2. The number of hydrogen-bond acceptors (Lipinski definition) is 2. The Morgan fingerprint density at radius 1 is 1.26 bits per heavy atom. The molecule has 0 fully saturated rings. The van der Waals surface area contributed by atoms with Crippen LogP contribution in [0.5, 0.6) is 5.75 Å². The number of carbonyl (C=O) groups excluding carboxylic acids is 1. The Balaban J connectivity index is 1.35. The number of aromatic amines is 1. The monoisotopic (exact) mass is 363 g/mol. The van der Waals surface area contributed by atoms with Gasteiger partial charge < -0.3 is 19.9 Å². The topological polar surface area (TPSA) is 57.4 Å². The number of aryl methyl sites for hydroxylation is 1. The van der Waals surface area contributed by atoms with Crippen molar-refractivity contribution in [2.45, 2.75) is 26.3 Å². The molecule has 1 atom stereocenters. The zero-order valence-corrected chi connectivity index (χ0v) is 15.8. The van der Waals surface area contributed by atoms with E-state index in [4.69, 9.17) is 4.74 Å². The van der Waals surface area contributed by atoms with Gasteiger partial charge >= 0.3 is 6.03 Å². The maximum absolute atomic E-state index is 12.6. The van der Waals surface area contributed by atoms with Gasteiger partial charge in [-0.25, -0.2) is 4.79 Å². The Hall–Kier alpha value is -2.95. The highest BCUT2D eigenvalue weighted by Gasteiger charge is 2.30. The van der Waals surface area contributed by atoms with Crippen molar-refractivity contribution in [3.05, 3.63) is 65.4 Å². The molecule has 5 nitrogen and oxygen atoms in total. The minimum Gasteiger partial charge on any atom is -0.492 e. The Morgan fingerprint density at radius 3 is 2.96 bits per heavy atom. The van der Waals surface area contributed by atoms with E-state index in [-0.39, 0.29) is 12.1 Å². The second-order valence-corrected chi connectivity index (χ2v) is 7.08. The number of nitrogens with zero attached hydrogens (tertiary/aromatic N) is 1. The van der Waals surface area contributed by atoms with Crippen LogP contribution < -0.4 is 10.1 Å². The van der Waals surface area contributed by atoms with E-state index in [2.05, 4.69) is 35.4 Å². The van der Waals surface area contributed by atoms with Crippen molar-refractivity contribution >= 4 is 16.9 Å². The van der Waals surface area contributed by atoms with Crippen LogP contribution in [0.15, 0.2) is 48.5 Å². The first kappa shape index (κ1) is 17.5. The third-order valence-electron chi connectivity index (χ3n) is 5.23. The second kappa shape index (κ2) is 7.35. The van der Waals surface area contributed by atoms with Crippen LogP contribution in [-0.2, 0) is 6.42 Å². The lowest BCUT2D eigenvalue weighted by Crippen LogP contribution is -2.45. The van der Waals surface area contributed by atoms with E-state index in [1.54, 1.807) is 0 Å². The number of rotatable bonds is 4. The van der Waals surface area contributed by atoms with Crippen molar-refractivity contribution < 1.29 is 9.53 Å². The molecule has 5 heteroatoms. The minimum absolute atomic E-state index is 0.0267. The van der Waals surface area contributed by atoms with E-state index in [0.717, 1.165) is 35.5 Å². The van der Waals surface area contributed by atoms with E-state index < -0.39 is 0 Å². The van der Waals surface area contributed by atoms with Gasteiger partial charge in [0.2, 0.25) is 0 Å². The van der Waals surface area contributed by atoms with Gasteiger partial charge in [0.15, 0.2) is 0 Å². The van der Waals surface area contributed by atoms with Crippen molar-refractivity contribution in [1.82, 2.24) is 15.2 Å². The molecule has 0 aliphatic carbocycles.